The summed E-state index contributed by atoms with van der Waals surface area (Å²) >= 11 is 0. The van der Waals surface area contributed by atoms with Crippen LogP contribution in [0.4, 0.5) is 11.4 Å². The lowest BCUT2D eigenvalue weighted by Crippen LogP contribution is -2.09. The van der Waals surface area contributed by atoms with Gasteiger partial charge in [-0.25, -0.2) is 4.79 Å². The fourth-order valence-corrected chi connectivity index (χ4v) is 3.49. The maximum Gasteiger partial charge on any atom is 0.343 e. The quantitative estimate of drug-likeness (QED) is 0.127. The molecule has 0 aliphatic heterocycles. The zero-order valence-corrected chi connectivity index (χ0v) is 18.5. The molecule has 0 amide bonds. The molecule has 0 heterocycles. The molecule has 0 atom stereocenters. The highest BCUT2D eigenvalue weighted by Gasteiger charge is 2.10. The lowest BCUT2D eigenvalue weighted by molar-refractivity contribution is 0.0734. The highest BCUT2D eigenvalue weighted by atomic mass is 16.5. The first kappa shape index (κ1) is 22.6. The molecule has 4 aromatic rings. The van der Waals surface area contributed by atoms with Crippen molar-refractivity contribution in [3.63, 3.8) is 0 Å². The molecule has 0 saturated heterocycles. The fourth-order valence-electron chi connectivity index (χ4n) is 3.49. The zero-order valence-electron chi connectivity index (χ0n) is 18.5. The van der Waals surface area contributed by atoms with Crippen LogP contribution in [0.3, 0.4) is 0 Å². The number of allylic oxidation sites excluding steroid dienone is 1. The molecule has 0 radical (unpaired) electrons. The van der Waals surface area contributed by atoms with Crippen molar-refractivity contribution >= 4 is 29.2 Å². The van der Waals surface area contributed by atoms with Gasteiger partial charge in [-0.3, -0.25) is 4.79 Å². The Bertz CT molecular complexity index is 1310. The molecule has 0 fully saturated rings. The topological polar surface area (TPSA) is 95.4 Å². The molecule has 5 heteroatoms. The number of rotatable bonds is 7. The monoisotopic (exact) mass is 448 g/mol. The zero-order chi connectivity index (χ0) is 23.9. The normalized spacial score (nSPS) is 10.8. The summed E-state index contributed by atoms with van der Waals surface area (Å²) in [6.07, 6.45) is 4.13. The van der Waals surface area contributed by atoms with Gasteiger partial charge in [0.05, 0.1) is 5.56 Å². The molecule has 4 rings (SSSR count). The van der Waals surface area contributed by atoms with E-state index in [1.54, 1.807) is 36.4 Å². The van der Waals surface area contributed by atoms with Crippen molar-refractivity contribution in [1.29, 1.82) is 0 Å². The number of nitrogens with two attached hydrogens (primary N) is 2. The Hall–Kier alpha value is -4.64. The largest absolute Gasteiger partial charge is 0.423 e. The fraction of sp³-hybridized carbons (Fsp3) is 0.0345. The Kier molecular flexibility index (Phi) is 6.84. The first-order valence-electron chi connectivity index (χ1n) is 10.8. The number of carbonyl (C=O) groups excluding carboxylic acids is 2. The SMILES string of the molecule is Nc1cc(N)cc(C(=O)Oc2ccc(Cc3ccc(C=CC(=O)c4ccccc4)cc3)cc2)c1. The van der Waals surface area contributed by atoms with Gasteiger partial charge in [-0.2, -0.15) is 0 Å². The summed E-state index contributed by atoms with van der Waals surface area (Å²) in [6, 6.07) is 29.2. The highest BCUT2D eigenvalue weighted by molar-refractivity contribution is 6.06. The maximum atomic E-state index is 12.3. The second-order valence-corrected chi connectivity index (χ2v) is 7.90. The molecule has 0 bridgehead atoms. The maximum absolute atomic E-state index is 12.3. The van der Waals surface area contributed by atoms with Gasteiger partial charge in [-0.15, -0.1) is 0 Å². The second-order valence-electron chi connectivity index (χ2n) is 7.90. The van der Waals surface area contributed by atoms with Crippen molar-refractivity contribution in [2.75, 3.05) is 11.5 Å². The van der Waals surface area contributed by atoms with E-state index in [9.17, 15) is 9.59 Å². The van der Waals surface area contributed by atoms with Crippen LogP contribution in [0.1, 0.15) is 37.4 Å². The van der Waals surface area contributed by atoms with Gasteiger partial charge in [0.15, 0.2) is 5.78 Å². The van der Waals surface area contributed by atoms with E-state index in [1.165, 1.54) is 12.1 Å². The number of hydrogen-bond donors (Lipinski definition) is 2. The third-order valence-corrected chi connectivity index (χ3v) is 5.22. The third kappa shape index (κ3) is 5.99. The van der Waals surface area contributed by atoms with E-state index in [2.05, 4.69) is 0 Å². The van der Waals surface area contributed by atoms with Gasteiger partial charge >= 0.3 is 5.97 Å². The molecule has 168 valence electrons. The van der Waals surface area contributed by atoms with E-state index in [4.69, 9.17) is 16.2 Å². The third-order valence-electron chi connectivity index (χ3n) is 5.22. The standard InChI is InChI=1S/C29H24N2O3/c30-25-17-24(18-26(31)19-25)29(33)34-27-13-10-22(11-14-27)16-21-8-6-20(7-9-21)12-15-28(32)23-4-2-1-3-5-23/h1-15,17-19H,16,30-31H2. The summed E-state index contributed by atoms with van der Waals surface area (Å²) in [5.74, 6) is -0.0934. The number of ether oxygens (including phenoxy) is 1. The predicted octanol–water partition coefficient (Wildman–Crippen LogP) is 5.56. The minimum Gasteiger partial charge on any atom is -0.423 e. The summed E-state index contributed by atoms with van der Waals surface area (Å²) in [7, 11) is 0. The molecule has 0 aliphatic rings. The summed E-state index contributed by atoms with van der Waals surface area (Å²) < 4.78 is 5.42. The van der Waals surface area contributed by atoms with Crippen LogP contribution < -0.4 is 16.2 Å². The molecule has 0 saturated carbocycles. The number of nitrogen functional groups attached to an aromatic ring is 2. The Morgan fingerprint density at radius 3 is 1.91 bits per heavy atom. The molecule has 4 N–H and O–H groups in total. The van der Waals surface area contributed by atoms with Gasteiger partial charge in [0.25, 0.3) is 0 Å². The Balaban J connectivity index is 1.34. The number of anilines is 2. The number of esters is 1. The second kappa shape index (κ2) is 10.3. The average Bonchev–Trinajstić information content (AvgIpc) is 2.84. The first-order valence-corrected chi connectivity index (χ1v) is 10.8. The van der Waals surface area contributed by atoms with Gasteiger partial charge in [-0.1, -0.05) is 72.8 Å². The summed E-state index contributed by atoms with van der Waals surface area (Å²) in [6.45, 7) is 0. The van der Waals surface area contributed by atoms with Crippen molar-refractivity contribution in [3.8, 4) is 5.75 Å². The summed E-state index contributed by atoms with van der Waals surface area (Å²) in [5, 5.41) is 0. The van der Waals surface area contributed by atoms with E-state index < -0.39 is 5.97 Å². The van der Waals surface area contributed by atoms with Gasteiger partial charge in [-0.05, 0) is 59.5 Å². The van der Waals surface area contributed by atoms with Gasteiger partial charge < -0.3 is 16.2 Å². The molecule has 5 nitrogen and oxygen atoms in total. The number of carbonyl (C=O) groups is 2. The molecule has 0 spiro atoms. The van der Waals surface area contributed by atoms with Crippen molar-refractivity contribution in [3.05, 3.63) is 131 Å². The number of ketones is 1. The Morgan fingerprint density at radius 1 is 0.706 bits per heavy atom. The lowest BCUT2D eigenvalue weighted by atomic mass is 10.0. The van der Waals surface area contributed by atoms with Gasteiger partial charge in [0.1, 0.15) is 5.75 Å². The minimum atomic E-state index is -0.513. The van der Waals surface area contributed by atoms with Crippen LogP contribution in [0.25, 0.3) is 6.08 Å². The van der Waals surface area contributed by atoms with Crippen LogP contribution in [-0.2, 0) is 6.42 Å². The van der Waals surface area contributed by atoms with E-state index in [0.29, 0.717) is 28.3 Å². The van der Waals surface area contributed by atoms with E-state index >= 15 is 0 Å². The molecule has 0 aromatic heterocycles. The Morgan fingerprint density at radius 2 is 1.29 bits per heavy atom. The Labute approximate surface area is 198 Å². The van der Waals surface area contributed by atoms with Crippen molar-refractivity contribution in [2.24, 2.45) is 0 Å². The molecule has 4 aromatic carbocycles. The van der Waals surface area contributed by atoms with Crippen LogP contribution in [0, 0.1) is 0 Å². The smallest absolute Gasteiger partial charge is 0.343 e. The lowest BCUT2D eigenvalue weighted by Gasteiger charge is -2.08. The van der Waals surface area contributed by atoms with Crippen LogP contribution in [0.5, 0.6) is 5.75 Å². The van der Waals surface area contributed by atoms with E-state index in [0.717, 1.165) is 23.1 Å². The van der Waals surface area contributed by atoms with E-state index in [1.807, 2.05) is 60.7 Å². The predicted molar refractivity (Wildman–Crippen MR) is 136 cm³/mol. The van der Waals surface area contributed by atoms with Crippen molar-refractivity contribution in [1.82, 2.24) is 0 Å². The van der Waals surface area contributed by atoms with Gasteiger partial charge in [0, 0.05) is 16.9 Å². The number of benzene rings is 4. The minimum absolute atomic E-state index is 0.0235. The molecular weight excluding hydrogens is 424 g/mol. The average molecular weight is 449 g/mol. The number of hydrogen-bond acceptors (Lipinski definition) is 5. The van der Waals surface area contributed by atoms with Crippen LogP contribution in [0.15, 0.2) is 103 Å². The molecule has 0 unspecified atom stereocenters. The highest BCUT2D eigenvalue weighted by Crippen LogP contribution is 2.19. The van der Waals surface area contributed by atoms with Crippen molar-refractivity contribution < 1.29 is 14.3 Å². The van der Waals surface area contributed by atoms with Crippen LogP contribution >= 0.6 is 0 Å². The summed E-state index contributed by atoms with van der Waals surface area (Å²) in [4.78, 5) is 24.5. The van der Waals surface area contributed by atoms with Crippen LogP contribution in [0.2, 0.25) is 0 Å². The van der Waals surface area contributed by atoms with Crippen LogP contribution in [-0.4, -0.2) is 11.8 Å². The van der Waals surface area contributed by atoms with Gasteiger partial charge in [0.2, 0.25) is 0 Å². The molecule has 34 heavy (non-hydrogen) atoms. The van der Waals surface area contributed by atoms with Crippen molar-refractivity contribution in [2.45, 2.75) is 6.42 Å². The van der Waals surface area contributed by atoms with E-state index in [-0.39, 0.29) is 5.78 Å². The molecule has 0 aliphatic carbocycles. The summed E-state index contributed by atoms with van der Waals surface area (Å²) in [5.41, 5.74) is 16.4. The molecular formula is C29H24N2O3. The first-order chi connectivity index (χ1) is 16.5.